The maximum atomic E-state index is 11.9. The van der Waals surface area contributed by atoms with Gasteiger partial charge in [0, 0.05) is 37.1 Å². The summed E-state index contributed by atoms with van der Waals surface area (Å²) in [4.78, 5) is 23.2. The van der Waals surface area contributed by atoms with E-state index in [0.717, 1.165) is 30.7 Å². The van der Waals surface area contributed by atoms with Gasteiger partial charge in [-0.3, -0.25) is 9.48 Å². The topological polar surface area (TPSA) is 88.9 Å². The number of hydrogen-bond acceptors (Lipinski definition) is 5. The molecule has 1 aromatic heterocycles. The summed E-state index contributed by atoms with van der Waals surface area (Å²) in [5.41, 5.74) is 0.874. The van der Waals surface area contributed by atoms with Crippen LogP contribution in [0, 0.1) is 0 Å². The van der Waals surface area contributed by atoms with E-state index in [0.29, 0.717) is 30.3 Å². The summed E-state index contributed by atoms with van der Waals surface area (Å²) in [6, 6.07) is 0.510. The van der Waals surface area contributed by atoms with Crippen LogP contribution in [0.5, 0.6) is 0 Å². The van der Waals surface area contributed by atoms with Crippen molar-refractivity contribution in [2.24, 2.45) is 7.05 Å². The Hall–Kier alpha value is -1.57. The predicted molar refractivity (Wildman–Crippen MR) is 88.3 cm³/mol. The van der Waals surface area contributed by atoms with Crippen LogP contribution in [-0.2, 0) is 18.3 Å². The number of Topliss-reactive ketones (excluding diaryl/α,β-unsaturated/α-hetero) is 1. The van der Waals surface area contributed by atoms with Crippen LogP contribution in [0.15, 0.2) is 6.20 Å². The summed E-state index contributed by atoms with van der Waals surface area (Å²) in [6.45, 7) is 0. The number of nitrogens with one attached hydrogen (secondary N) is 2. The van der Waals surface area contributed by atoms with Crippen LogP contribution in [0.2, 0.25) is 0 Å². The highest BCUT2D eigenvalue weighted by Gasteiger charge is 2.42. The highest BCUT2D eigenvalue weighted by molar-refractivity contribution is 8.00. The number of nitrogens with zero attached hydrogens (tertiary/aromatic N) is 3. The van der Waals surface area contributed by atoms with Gasteiger partial charge in [-0.15, -0.1) is 5.10 Å². The number of amides is 2. The number of unbranched alkanes of at least 4 members (excludes halogenated alkanes) is 1. The lowest BCUT2D eigenvalue weighted by atomic mass is 10.0. The number of thioether (sulfide) groups is 1. The first-order valence-electron chi connectivity index (χ1n) is 8.17. The van der Waals surface area contributed by atoms with Crippen LogP contribution in [0.3, 0.4) is 0 Å². The van der Waals surface area contributed by atoms with Crippen LogP contribution in [0.4, 0.5) is 4.79 Å². The van der Waals surface area contributed by atoms with Crippen molar-refractivity contribution < 1.29 is 9.59 Å². The van der Waals surface area contributed by atoms with Crippen molar-refractivity contribution >= 4 is 23.6 Å². The van der Waals surface area contributed by atoms with Crippen molar-refractivity contribution in [3.05, 3.63) is 11.9 Å². The monoisotopic (exact) mass is 337 g/mol. The van der Waals surface area contributed by atoms with Gasteiger partial charge < -0.3 is 10.6 Å². The van der Waals surface area contributed by atoms with E-state index in [1.54, 1.807) is 4.68 Å². The van der Waals surface area contributed by atoms with Gasteiger partial charge >= 0.3 is 6.03 Å². The Balaban J connectivity index is 1.29. The van der Waals surface area contributed by atoms with Crippen LogP contribution in [0.1, 0.15) is 37.8 Å². The third kappa shape index (κ3) is 4.25. The number of rotatable bonds is 8. The van der Waals surface area contributed by atoms with Gasteiger partial charge in [0.05, 0.1) is 17.8 Å². The van der Waals surface area contributed by atoms with Crippen LogP contribution >= 0.6 is 11.8 Å². The lowest BCUT2D eigenvalue weighted by Gasteiger charge is -2.16. The van der Waals surface area contributed by atoms with Crippen molar-refractivity contribution in [2.45, 2.75) is 55.9 Å². The molecule has 0 aliphatic carbocycles. The van der Waals surface area contributed by atoms with Gasteiger partial charge in [0.2, 0.25) is 0 Å². The number of urea groups is 1. The molecule has 1 aromatic rings. The van der Waals surface area contributed by atoms with E-state index < -0.39 is 0 Å². The third-order valence-corrected chi connectivity index (χ3v) is 5.95. The van der Waals surface area contributed by atoms with Gasteiger partial charge in [-0.25, -0.2) is 4.79 Å². The molecule has 2 fully saturated rings. The van der Waals surface area contributed by atoms with Crippen molar-refractivity contribution in [3.63, 3.8) is 0 Å². The van der Waals surface area contributed by atoms with E-state index in [-0.39, 0.29) is 18.1 Å². The Labute approximate surface area is 140 Å². The minimum atomic E-state index is -0.0375. The van der Waals surface area contributed by atoms with E-state index >= 15 is 0 Å². The third-order valence-electron chi connectivity index (χ3n) is 4.44. The van der Waals surface area contributed by atoms with Crippen LogP contribution < -0.4 is 10.6 Å². The minimum Gasteiger partial charge on any atom is -0.332 e. The average Bonchev–Trinajstić information content (AvgIpc) is 3.18. The number of aromatic nitrogens is 3. The lowest BCUT2D eigenvalue weighted by molar-refractivity contribution is -0.119. The highest BCUT2D eigenvalue weighted by atomic mass is 32.2. The Kier molecular flexibility index (Phi) is 5.20. The lowest BCUT2D eigenvalue weighted by Crippen LogP contribution is -2.36. The average molecular weight is 337 g/mol. The van der Waals surface area contributed by atoms with Crippen molar-refractivity contribution in [2.75, 3.05) is 5.75 Å². The van der Waals surface area contributed by atoms with Crippen molar-refractivity contribution in [1.29, 1.82) is 0 Å². The van der Waals surface area contributed by atoms with E-state index in [9.17, 15) is 9.59 Å². The number of aryl methyl sites for hydroxylation is 2. The normalized spacial score (nSPS) is 26.0. The molecule has 0 radical (unpaired) electrons. The van der Waals surface area contributed by atoms with Crippen LogP contribution in [-0.4, -0.2) is 49.9 Å². The maximum absolute atomic E-state index is 11.9. The molecule has 2 aliphatic rings. The molecule has 3 unspecified atom stereocenters. The fourth-order valence-corrected chi connectivity index (χ4v) is 4.76. The molecule has 23 heavy (non-hydrogen) atoms. The molecule has 2 saturated heterocycles. The molecule has 2 aliphatic heterocycles. The molecule has 0 aromatic carbocycles. The first kappa shape index (κ1) is 16.3. The second kappa shape index (κ2) is 7.33. The quantitative estimate of drug-likeness (QED) is 0.547. The van der Waals surface area contributed by atoms with Gasteiger partial charge in [-0.1, -0.05) is 11.6 Å². The molecule has 2 N–H and O–H groups in total. The van der Waals surface area contributed by atoms with Gasteiger partial charge in [0.15, 0.2) is 0 Å². The Morgan fingerprint density at radius 3 is 3.04 bits per heavy atom. The molecule has 3 atom stereocenters. The molecular formula is C15H23N5O2S. The summed E-state index contributed by atoms with van der Waals surface area (Å²) in [7, 11) is 1.83. The fraction of sp³-hybridized carbons (Fsp3) is 0.733. The van der Waals surface area contributed by atoms with Crippen molar-refractivity contribution in [1.82, 2.24) is 25.6 Å². The Morgan fingerprint density at radius 1 is 1.39 bits per heavy atom. The fourth-order valence-electron chi connectivity index (χ4n) is 3.21. The zero-order valence-electron chi connectivity index (χ0n) is 13.3. The van der Waals surface area contributed by atoms with E-state index in [2.05, 4.69) is 20.9 Å². The summed E-state index contributed by atoms with van der Waals surface area (Å²) < 4.78 is 1.66. The summed E-state index contributed by atoms with van der Waals surface area (Å²) in [5.74, 6) is 1.29. The molecule has 2 amide bonds. The molecule has 0 saturated carbocycles. The number of carbonyl (C=O) groups excluding carboxylic acids is 2. The summed E-state index contributed by atoms with van der Waals surface area (Å²) >= 11 is 1.93. The van der Waals surface area contributed by atoms with E-state index in [4.69, 9.17) is 0 Å². The van der Waals surface area contributed by atoms with Gasteiger partial charge in [0.1, 0.15) is 5.78 Å². The minimum absolute atomic E-state index is 0.0375. The SMILES string of the molecule is Cn1cc(CCC(=O)CCCCC2SCC3NC(=O)NC32)nn1. The molecule has 126 valence electrons. The molecular weight excluding hydrogens is 314 g/mol. The smallest absolute Gasteiger partial charge is 0.315 e. The first-order valence-corrected chi connectivity index (χ1v) is 9.22. The Morgan fingerprint density at radius 2 is 2.26 bits per heavy atom. The molecule has 7 nitrogen and oxygen atoms in total. The zero-order valence-corrected chi connectivity index (χ0v) is 14.1. The summed E-state index contributed by atoms with van der Waals surface area (Å²) in [6.07, 6.45) is 6.73. The van der Waals surface area contributed by atoms with E-state index in [1.165, 1.54) is 0 Å². The first-order chi connectivity index (χ1) is 11.1. The predicted octanol–water partition coefficient (Wildman–Crippen LogP) is 1.04. The molecule has 3 heterocycles. The Bertz CT molecular complexity index is 576. The highest BCUT2D eigenvalue weighted by Crippen LogP contribution is 2.33. The van der Waals surface area contributed by atoms with Gasteiger partial charge in [0.25, 0.3) is 0 Å². The number of carbonyl (C=O) groups is 2. The second-order valence-electron chi connectivity index (χ2n) is 6.29. The molecule has 3 rings (SSSR count). The number of hydrogen-bond donors (Lipinski definition) is 2. The summed E-state index contributed by atoms with van der Waals surface area (Å²) in [5, 5.41) is 14.3. The molecule has 0 spiro atoms. The van der Waals surface area contributed by atoms with Gasteiger partial charge in [-0.2, -0.15) is 11.8 Å². The standard InChI is InChI=1S/C15H23N5O2S/c1-20-8-10(18-19-20)6-7-11(21)4-2-3-5-13-14-12(9-23-13)16-15(22)17-14/h8,12-14H,2-7,9H2,1H3,(H2,16,17,22). The number of fused-ring (bicyclic) bond motifs is 1. The zero-order chi connectivity index (χ0) is 16.2. The molecule has 8 heteroatoms. The van der Waals surface area contributed by atoms with Gasteiger partial charge in [-0.05, 0) is 19.3 Å². The van der Waals surface area contributed by atoms with Crippen molar-refractivity contribution in [3.8, 4) is 0 Å². The maximum Gasteiger partial charge on any atom is 0.315 e. The largest absolute Gasteiger partial charge is 0.332 e. The molecule has 0 bridgehead atoms. The van der Waals surface area contributed by atoms with E-state index in [1.807, 2.05) is 25.0 Å². The second-order valence-corrected chi connectivity index (χ2v) is 7.56. The van der Waals surface area contributed by atoms with Crippen LogP contribution in [0.25, 0.3) is 0 Å². The number of ketones is 1.